The first-order valence-electron chi connectivity index (χ1n) is 5.87. The summed E-state index contributed by atoms with van der Waals surface area (Å²) >= 11 is 0. The number of ether oxygens (including phenoxy) is 1. The highest BCUT2D eigenvalue weighted by Gasteiger charge is 2.32. The Balaban J connectivity index is 2.51. The number of hydrogen-bond acceptors (Lipinski definition) is 3. The van der Waals surface area contributed by atoms with Gasteiger partial charge in [-0.2, -0.15) is 0 Å². The molecule has 2 N–H and O–H groups in total. The zero-order valence-corrected chi connectivity index (χ0v) is 10.4. The van der Waals surface area contributed by atoms with E-state index in [1.165, 1.54) is 0 Å². The van der Waals surface area contributed by atoms with Crippen molar-refractivity contribution in [1.29, 1.82) is 0 Å². The fraction of sp³-hybridized carbons (Fsp3) is 0.462. The maximum atomic E-state index is 12.1. The van der Waals surface area contributed by atoms with Crippen molar-refractivity contribution in [3.63, 3.8) is 0 Å². The van der Waals surface area contributed by atoms with Crippen LogP contribution in [0.5, 0.6) is 5.75 Å². The summed E-state index contributed by atoms with van der Waals surface area (Å²) in [6, 6.07) is 5.86. The monoisotopic (exact) mass is 234 g/mol. The lowest BCUT2D eigenvalue weighted by molar-refractivity contribution is -0.125. The number of hydrogen-bond donors (Lipinski definition) is 1. The predicted molar refractivity (Wildman–Crippen MR) is 67.0 cm³/mol. The van der Waals surface area contributed by atoms with Gasteiger partial charge in [-0.15, -0.1) is 0 Å². The second-order valence-corrected chi connectivity index (χ2v) is 4.57. The van der Waals surface area contributed by atoms with Crippen LogP contribution >= 0.6 is 0 Å². The maximum Gasteiger partial charge on any atom is 0.268 e. The van der Waals surface area contributed by atoms with Crippen molar-refractivity contribution in [1.82, 2.24) is 0 Å². The number of fused-ring (bicyclic) bond motifs is 1. The van der Waals surface area contributed by atoms with Gasteiger partial charge in [0.2, 0.25) is 0 Å². The number of carbonyl (C=O) groups is 1. The molecule has 4 heteroatoms. The number of nitrogens with two attached hydrogens (primary N) is 1. The topological polar surface area (TPSA) is 55.6 Å². The zero-order chi connectivity index (χ0) is 12.6. The van der Waals surface area contributed by atoms with Gasteiger partial charge in [-0.05, 0) is 38.5 Å². The number of amides is 1. The van der Waals surface area contributed by atoms with Gasteiger partial charge >= 0.3 is 0 Å². The van der Waals surface area contributed by atoms with Crippen molar-refractivity contribution >= 4 is 11.6 Å². The van der Waals surface area contributed by atoms with Crippen LogP contribution in [0.4, 0.5) is 5.69 Å². The van der Waals surface area contributed by atoms with Crippen LogP contribution in [-0.2, 0) is 11.3 Å². The minimum Gasteiger partial charge on any atom is -0.479 e. The molecular weight excluding hydrogens is 216 g/mol. The molecule has 0 saturated heterocycles. The van der Waals surface area contributed by atoms with Crippen molar-refractivity contribution in [3.05, 3.63) is 23.8 Å². The van der Waals surface area contributed by atoms with E-state index in [4.69, 9.17) is 10.5 Å². The first-order valence-corrected chi connectivity index (χ1v) is 5.87. The van der Waals surface area contributed by atoms with E-state index in [0.29, 0.717) is 6.54 Å². The van der Waals surface area contributed by atoms with E-state index >= 15 is 0 Å². The number of carbonyl (C=O) groups excluding carboxylic acids is 1. The lowest BCUT2D eigenvalue weighted by Crippen LogP contribution is -2.47. The molecule has 1 atom stereocenters. The van der Waals surface area contributed by atoms with Gasteiger partial charge in [-0.1, -0.05) is 6.07 Å². The first-order chi connectivity index (χ1) is 8.04. The quantitative estimate of drug-likeness (QED) is 0.846. The average Bonchev–Trinajstić information content (AvgIpc) is 2.29. The highest BCUT2D eigenvalue weighted by Crippen LogP contribution is 2.35. The Kier molecular flexibility index (Phi) is 3.07. The Hall–Kier alpha value is -1.55. The van der Waals surface area contributed by atoms with E-state index in [1.54, 1.807) is 11.8 Å². The van der Waals surface area contributed by atoms with E-state index in [1.807, 2.05) is 32.0 Å². The fourth-order valence-electron chi connectivity index (χ4n) is 2.07. The highest BCUT2D eigenvalue weighted by molar-refractivity contribution is 6.00. The minimum absolute atomic E-state index is 0.00155. The lowest BCUT2D eigenvalue weighted by Gasteiger charge is -2.35. The van der Waals surface area contributed by atoms with Gasteiger partial charge in [0.15, 0.2) is 6.10 Å². The normalized spacial score (nSPS) is 19.2. The summed E-state index contributed by atoms with van der Waals surface area (Å²) < 4.78 is 5.59. The smallest absolute Gasteiger partial charge is 0.268 e. The molecule has 92 valence electrons. The van der Waals surface area contributed by atoms with Gasteiger partial charge in [0.25, 0.3) is 5.91 Å². The Bertz CT molecular complexity index is 443. The van der Waals surface area contributed by atoms with Crippen LogP contribution in [-0.4, -0.2) is 18.1 Å². The molecule has 0 aliphatic carbocycles. The Labute approximate surface area is 101 Å². The van der Waals surface area contributed by atoms with Gasteiger partial charge in [-0.25, -0.2) is 0 Å². The second kappa shape index (κ2) is 4.37. The third-order valence-electron chi connectivity index (χ3n) is 2.92. The summed E-state index contributed by atoms with van der Waals surface area (Å²) in [4.78, 5) is 13.9. The zero-order valence-electron chi connectivity index (χ0n) is 10.4. The molecule has 0 saturated carbocycles. The molecule has 4 nitrogen and oxygen atoms in total. The van der Waals surface area contributed by atoms with Gasteiger partial charge in [-0.3, -0.25) is 4.79 Å². The standard InChI is InChI=1S/C13H18N2O2/c1-8(2)15-11-6-10(7-14)4-5-12(11)17-9(3)13(15)16/h4-6,8-9H,7,14H2,1-3H3. The average molecular weight is 234 g/mol. The Morgan fingerprint density at radius 3 is 2.76 bits per heavy atom. The number of anilines is 1. The number of rotatable bonds is 2. The van der Waals surface area contributed by atoms with E-state index in [0.717, 1.165) is 17.0 Å². The largest absolute Gasteiger partial charge is 0.479 e. The third-order valence-corrected chi connectivity index (χ3v) is 2.92. The van der Waals surface area contributed by atoms with Gasteiger partial charge < -0.3 is 15.4 Å². The van der Waals surface area contributed by atoms with Crippen molar-refractivity contribution in [2.45, 2.75) is 39.5 Å². The molecule has 17 heavy (non-hydrogen) atoms. The molecule has 0 radical (unpaired) electrons. The molecule has 1 aliphatic heterocycles. The molecule has 0 aromatic heterocycles. The molecule has 1 aromatic carbocycles. The molecule has 1 unspecified atom stereocenters. The van der Waals surface area contributed by atoms with E-state index in [-0.39, 0.29) is 11.9 Å². The van der Waals surface area contributed by atoms with Crippen LogP contribution in [0, 0.1) is 0 Å². The summed E-state index contributed by atoms with van der Waals surface area (Å²) in [5.41, 5.74) is 7.45. The van der Waals surface area contributed by atoms with Gasteiger partial charge in [0.05, 0.1) is 5.69 Å². The number of nitrogens with zero attached hydrogens (tertiary/aromatic N) is 1. The summed E-state index contributed by atoms with van der Waals surface area (Å²) in [6.45, 7) is 6.23. The first kappa shape index (κ1) is 11.9. The second-order valence-electron chi connectivity index (χ2n) is 4.57. The number of benzene rings is 1. The molecule has 1 aliphatic rings. The molecular formula is C13H18N2O2. The highest BCUT2D eigenvalue weighted by atomic mass is 16.5. The van der Waals surface area contributed by atoms with E-state index in [9.17, 15) is 4.79 Å². The van der Waals surface area contributed by atoms with Crippen LogP contribution in [0.1, 0.15) is 26.3 Å². The van der Waals surface area contributed by atoms with Crippen molar-refractivity contribution in [3.8, 4) is 5.75 Å². The van der Waals surface area contributed by atoms with Crippen LogP contribution in [0.3, 0.4) is 0 Å². The van der Waals surface area contributed by atoms with Gasteiger partial charge in [0.1, 0.15) is 5.75 Å². The summed E-state index contributed by atoms with van der Waals surface area (Å²) in [7, 11) is 0. The summed E-state index contributed by atoms with van der Waals surface area (Å²) in [5.74, 6) is 0.754. The van der Waals surface area contributed by atoms with Crippen LogP contribution < -0.4 is 15.4 Å². The predicted octanol–water partition coefficient (Wildman–Crippen LogP) is 1.67. The van der Waals surface area contributed by atoms with Crippen molar-refractivity contribution in [2.24, 2.45) is 5.73 Å². The molecule has 1 aromatic rings. The van der Waals surface area contributed by atoms with Gasteiger partial charge in [0, 0.05) is 12.6 Å². The maximum absolute atomic E-state index is 12.1. The third kappa shape index (κ3) is 2.00. The van der Waals surface area contributed by atoms with E-state index < -0.39 is 6.10 Å². The van der Waals surface area contributed by atoms with Crippen molar-refractivity contribution in [2.75, 3.05) is 4.90 Å². The Morgan fingerprint density at radius 2 is 2.18 bits per heavy atom. The van der Waals surface area contributed by atoms with E-state index in [2.05, 4.69) is 0 Å². The van der Waals surface area contributed by atoms with Crippen molar-refractivity contribution < 1.29 is 9.53 Å². The molecule has 0 spiro atoms. The molecule has 2 rings (SSSR count). The molecule has 0 bridgehead atoms. The Morgan fingerprint density at radius 1 is 1.47 bits per heavy atom. The SMILES string of the molecule is CC1Oc2ccc(CN)cc2N(C(C)C)C1=O. The van der Waals surface area contributed by atoms with Crippen LogP contribution in [0.25, 0.3) is 0 Å². The fourth-order valence-corrected chi connectivity index (χ4v) is 2.07. The minimum atomic E-state index is -0.423. The molecule has 0 fully saturated rings. The molecule has 1 amide bonds. The van der Waals surface area contributed by atoms with Crippen LogP contribution in [0.15, 0.2) is 18.2 Å². The van der Waals surface area contributed by atoms with Crippen LogP contribution in [0.2, 0.25) is 0 Å². The summed E-state index contributed by atoms with van der Waals surface area (Å²) in [6.07, 6.45) is -0.423. The summed E-state index contributed by atoms with van der Waals surface area (Å²) in [5, 5.41) is 0. The molecule has 1 heterocycles. The lowest BCUT2D eigenvalue weighted by atomic mass is 10.1.